The van der Waals surface area contributed by atoms with Crippen molar-refractivity contribution in [2.45, 2.75) is 13.3 Å². The van der Waals surface area contributed by atoms with Crippen molar-refractivity contribution in [1.29, 1.82) is 0 Å². The highest BCUT2D eigenvalue weighted by atomic mass is 16.5. The van der Waals surface area contributed by atoms with Crippen LogP contribution in [-0.2, 0) is 6.42 Å². The van der Waals surface area contributed by atoms with Crippen LogP contribution in [0, 0.1) is 6.92 Å². The standard InChI is InChI=1S/C12H19NO2/c1-9-7-10(5-6-13-2)8-11(14-3)12(9)15-4/h7-8,13H,5-6H2,1-4H3. The van der Waals surface area contributed by atoms with Crippen molar-refractivity contribution in [2.24, 2.45) is 0 Å². The molecule has 0 aliphatic carbocycles. The van der Waals surface area contributed by atoms with Gasteiger partial charge in [0, 0.05) is 0 Å². The van der Waals surface area contributed by atoms with Gasteiger partial charge in [-0.1, -0.05) is 6.07 Å². The van der Waals surface area contributed by atoms with E-state index < -0.39 is 0 Å². The summed E-state index contributed by atoms with van der Waals surface area (Å²) in [6.07, 6.45) is 0.998. The van der Waals surface area contributed by atoms with Gasteiger partial charge >= 0.3 is 0 Å². The molecule has 0 radical (unpaired) electrons. The minimum atomic E-state index is 0.809. The maximum Gasteiger partial charge on any atom is 0.163 e. The van der Waals surface area contributed by atoms with Crippen LogP contribution in [0.5, 0.6) is 11.5 Å². The van der Waals surface area contributed by atoms with Crippen molar-refractivity contribution in [2.75, 3.05) is 27.8 Å². The molecular weight excluding hydrogens is 190 g/mol. The molecule has 0 atom stereocenters. The third-order valence-electron chi connectivity index (χ3n) is 2.39. The predicted molar refractivity (Wildman–Crippen MR) is 61.9 cm³/mol. The fourth-order valence-corrected chi connectivity index (χ4v) is 1.64. The summed E-state index contributed by atoms with van der Waals surface area (Å²) < 4.78 is 10.6. The van der Waals surface area contributed by atoms with Crippen molar-refractivity contribution in [3.63, 3.8) is 0 Å². The van der Waals surface area contributed by atoms with Gasteiger partial charge in [-0.05, 0) is 44.1 Å². The molecule has 0 bridgehead atoms. The average molecular weight is 209 g/mol. The summed E-state index contributed by atoms with van der Waals surface area (Å²) in [4.78, 5) is 0. The van der Waals surface area contributed by atoms with Crippen LogP contribution in [0.2, 0.25) is 0 Å². The zero-order valence-electron chi connectivity index (χ0n) is 9.89. The zero-order chi connectivity index (χ0) is 11.3. The number of ether oxygens (including phenoxy) is 2. The van der Waals surface area contributed by atoms with E-state index in [1.807, 2.05) is 20.0 Å². The van der Waals surface area contributed by atoms with E-state index in [2.05, 4.69) is 11.4 Å². The van der Waals surface area contributed by atoms with Gasteiger partial charge in [-0.2, -0.15) is 0 Å². The van der Waals surface area contributed by atoms with Gasteiger partial charge in [-0.15, -0.1) is 0 Å². The first-order valence-corrected chi connectivity index (χ1v) is 5.09. The number of rotatable bonds is 5. The number of hydrogen-bond acceptors (Lipinski definition) is 3. The second-order valence-electron chi connectivity index (χ2n) is 3.50. The lowest BCUT2D eigenvalue weighted by molar-refractivity contribution is 0.352. The van der Waals surface area contributed by atoms with Crippen molar-refractivity contribution in [3.8, 4) is 11.5 Å². The highest BCUT2D eigenvalue weighted by molar-refractivity contribution is 5.48. The molecule has 1 N–H and O–H groups in total. The van der Waals surface area contributed by atoms with Crippen LogP contribution in [0.15, 0.2) is 12.1 Å². The Balaban J connectivity index is 2.97. The third-order valence-corrected chi connectivity index (χ3v) is 2.39. The van der Waals surface area contributed by atoms with Gasteiger partial charge in [0.15, 0.2) is 11.5 Å². The monoisotopic (exact) mass is 209 g/mol. The zero-order valence-corrected chi connectivity index (χ0v) is 9.89. The van der Waals surface area contributed by atoms with Gasteiger partial charge in [-0.3, -0.25) is 0 Å². The highest BCUT2D eigenvalue weighted by Gasteiger charge is 2.08. The Hall–Kier alpha value is -1.22. The Morgan fingerprint density at radius 1 is 1.20 bits per heavy atom. The molecule has 0 amide bonds. The van der Waals surface area contributed by atoms with E-state index in [9.17, 15) is 0 Å². The molecule has 15 heavy (non-hydrogen) atoms. The first-order valence-electron chi connectivity index (χ1n) is 5.09. The summed E-state index contributed by atoms with van der Waals surface area (Å²) in [5.74, 6) is 1.63. The number of methoxy groups -OCH3 is 2. The van der Waals surface area contributed by atoms with Gasteiger partial charge < -0.3 is 14.8 Å². The van der Waals surface area contributed by atoms with E-state index >= 15 is 0 Å². The van der Waals surface area contributed by atoms with E-state index in [4.69, 9.17) is 9.47 Å². The summed E-state index contributed by atoms with van der Waals surface area (Å²) in [6.45, 7) is 3.00. The molecule has 0 saturated heterocycles. The van der Waals surface area contributed by atoms with E-state index in [0.717, 1.165) is 30.0 Å². The second-order valence-corrected chi connectivity index (χ2v) is 3.50. The van der Waals surface area contributed by atoms with Crippen molar-refractivity contribution in [3.05, 3.63) is 23.3 Å². The molecule has 1 rings (SSSR count). The van der Waals surface area contributed by atoms with Crippen LogP contribution in [0.1, 0.15) is 11.1 Å². The number of benzene rings is 1. The van der Waals surface area contributed by atoms with Crippen molar-refractivity contribution >= 4 is 0 Å². The summed E-state index contributed by atoms with van der Waals surface area (Å²) >= 11 is 0. The lowest BCUT2D eigenvalue weighted by atomic mass is 10.1. The average Bonchev–Trinajstić information content (AvgIpc) is 2.25. The molecule has 0 heterocycles. The first-order chi connectivity index (χ1) is 7.22. The maximum atomic E-state index is 5.29. The normalized spacial score (nSPS) is 10.1. The molecule has 3 heteroatoms. The van der Waals surface area contributed by atoms with Crippen molar-refractivity contribution in [1.82, 2.24) is 5.32 Å². The number of hydrogen-bond donors (Lipinski definition) is 1. The van der Waals surface area contributed by atoms with Crippen LogP contribution >= 0.6 is 0 Å². The number of likely N-dealkylation sites (N-methyl/N-ethyl adjacent to an activating group) is 1. The lowest BCUT2D eigenvalue weighted by Gasteiger charge is -2.12. The predicted octanol–water partition coefficient (Wildman–Crippen LogP) is 1.77. The fraction of sp³-hybridized carbons (Fsp3) is 0.500. The largest absolute Gasteiger partial charge is 0.493 e. The topological polar surface area (TPSA) is 30.5 Å². The Morgan fingerprint density at radius 2 is 1.93 bits per heavy atom. The number of nitrogens with one attached hydrogen (secondary N) is 1. The molecule has 0 aromatic heterocycles. The molecule has 0 unspecified atom stereocenters. The van der Waals surface area contributed by atoms with Crippen LogP contribution in [0.3, 0.4) is 0 Å². The Kier molecular flexibility index (Phi) is 4.43. The SMILES string of the molecule is CNCCc1cc(C)c(OC)c(OC)c1. The van der Waals surface area contributed by atoms with Gasteiger partial charge in [0.05, 0.1) is 14.2 Å². The van der Waals surface area contributed by atoms with Crippen molar-refractivity contribution < 1.29 is 9.47 Å². The van der Waals surface area contributed by atoms with E-state index in [1.165, 1.54) is 5.56 Å². The molecule has 84 valence electrons. The molecule has 0 fully saturated rings. The van der Waals surface area contributed by atoms with E-state index in [-0.39, 0.29) is 0 Å². The second kappa shape index (κ2) is 5.61. The minimum absolute atomic E-state index is 0.809. The summed E-state index contributed by atoms with van der Waals surface area (Å²) in [7, 11) is 5.28. The van der Waals surface area contributed by atoms with Crippen LogP contribution in [0.25, 0.3) is 0 Å². The minimum Gasteiger partial charge on any atom is -0.493 e. The van der Waals surface area contributed by atoms with Gasteiger partial charge in [0.1, 0.15) is 0 Å². The summed E-state index contributed by atoms with van der Waals surface area (Å²) in [6, 6.07) is 4.17. The van der Waals surface area contributed by atoms with Crippen LogP contribution < -0.4 is 14.8 Å². The Labute approximate surface area is 91.4 Å². The molecule has 0 spiro atoms. The molecule has 3 nitrogen and oxygen atoms in total. The highest BCUT2D eigenvalue weighted by Crippen LogP contribution is 2.31. The summed E-state index contributed by atoms with van der Waals surface area (Å²) in [5.41, 5.74) is 2.38. The maximum absolute atomic E-state index is 5.29. The molecule has 0 aliphatic heterocycles. The van der Waals surface area contributed by atoms with Gasteiger partial charge in [-0.25, -0.2) is 0 Å². The molecular formula is C12H19NO2. The summed E-state index contributed by atoms with van der Waals surface area (Å²) in [5, 5.41) is 3.13. The molecule has 0 aliphatic rings. The quantitative estimate of drug-likeness (QED) is 0.801. The van der Waals surface area contributed by atoms with Gasteiger partial charge in [0.2, 0.25) is 0 Å². The Bertz CT molecular complexity index is 324. The fourth-order valence-electron chi connectivity index (χ4n) is 1.64. The lowest BCUT2D eigenvalue weighted by Crippen LogP contribution is -2.10. The van der Waals surface area contributed by atoms with Crippen LogP contribution in [0.4, 0.5) is 0 Å². The van der Waals surface area contributed by atoms with Gasteiger partial charge in [0.25, 0.3) is 0 Å². The Morgan fingerprint density at radius 3 is 2.47 bits per heavy atom. The third kappa shape index (κ3) is 2.86. The first kappa shape index (κ1) is 11.9. The smallest absolute Gasteiger partial charge is 0.163 e. The molecule has 1 aromatic carbocycles. The molecule has 1 aromatic rings. The number of aryl methyl sites for hydroxylation is 1. The van der Waals surface area contributed by atoms with E-state index in [0.29, 0.717) is 0 Å². The van der Waals surface area contributed by atoms with E-state index in [1.54, 1.807) is 14.2 Å². The van der Waals surface area contributed by atoms with Crippen LogP contribution in [-0.4, -0.2) is 27.8 Å². The molecule has 0 saturated carbocycles.